The number of hydrogen-bond acceptors (Lipinski definition) is 3. The van der Waals surface area contributed by atoms with Crippen molar-refractivity contribution in [3.63, 3.8) is 0 Å². The number of benzene rings is 2. The number of aryl methyl sites for hydroxylation is 1. The van der Waals surface area contributed by atoms with Crippen LogP contribution in [0.4, 0.5) is 0 Å². The summed E-state index contributed by atoms with van der Waals surface area (Å²) in [6.45, 7) is 4.05. The summed E-state index contributed by atoms with van der Waals surface area (Å²) in [4.78, 5) is 0. The van der Waals surface area contributed by atoms with Gasteiger partial charge in [0.15, 0.2) is 11.5 Å². The Bertz CT molecular complexity index is 653. The SMILES string of the molecule is COc1cc(Br)c(C(O)c2cccc(C)c2C)cc1OC. The highest BCUT2D eigenvalue weighted by molar-refractivity contribution is 9.10. The van der Waals surface area contributed by atoms with Crippen LogP contribution in [-0.4, -0.2) is 19.3 Å². The molecule has 0 fully saturated rings. The molecule has 0 bridgehead atoms. The Hall–Kier alpha value is -1.52. The first-order valence-corrected chi connectivity index (χ1v) is 7.44. The molecule has 4 heteroatoms. The highest BCUT2D eigenvalue weighted by atomic mass is 79.9. The summed E-state index contributed by atoms with van der Waals surface area (Å²) in [6, 6.07) is 9.54. The smallest absolute Gasteiger partial charge is 0.161 e. The number of rotatable bonds is 4. The molecule has 0 aliphatic rings. The average Bonchev–Trinajstić information content (AvgIpc) is 2.49. The van der Waals surface area contributed by atoms with E-state index in [1.165, 1.54) is 0 Å². The predicted octanol–water partition coefficient (Wildman–Crippen LogP) is 4.16. The molecular formula is C17H19BrO3. The zero-order valence-electron chi connectivity index (χ0n) is 12.6. The number of aliphatic hydroxyl groups excluding tert-OH is 1. The molecule has 0 aliphatic heterocycles. The molecule has 21 heavy (non-hydrogen) atoms. The van der Waals surface area contributed by atoms with Crippen LogP contribution in [0.15, 0.2) is 34.8 Å². The van der Waals surface area contributed by atoms with Gasteiger partial charge in [0, 0.05) is 10.0 Å². The second-order valence-electron chi connectivity index (χ2n) is 4.92. The van der Waals surface area contributed by atoms with Crippen LogP contribution in [0.3, 0.4) is 0 Å². The molecule has 0 aromatic heterocycles. The maximum atomic E-state index is 10.7. The molecule has 1 atom stereocenters. The molecular weight excluding hydrogens is 332 g/mol. The average molecular weight is 351 g/mol. The van der Waals surface area contributed by atoms with Crippen molar-refractivity contribution < 1.29 is 14.6 Å². The van der Waals surface area contributed by atoms with Gasteiger partial charge in [-0.3, -0.25) is 0 Å². The summed E-state index contributed by atoms with van der Waals surface area (Å²) < 4.78 is 11.4. The van der Waals surface area contributed by atoms with Crippen LogP contribution in [-0.2, 0) is 0 Å². The minimum Gasteiger partial charge on any atom is -0.493 e. The maximum Gasteiger partial charge on any atom is 0.161 e. The van der Waals surface area contributed by atoms with Gasteiger partial charge < -0.3 is 14.6 Å². The van der Waals surface area contributed by atoms with Crippen LogP contribution in [0, 0.1) is 13.8 Å². The van der Waals surface area contributed by atoms with Gasteiger partial charge in [0.05, 0.1) is 14.2 Å². The highest BCUT2D eigenvalue weighted by Crippen LogP contribution is 2.38. The van der Waals surface area contributed by atoms with Crippen molar-refractivity contribution in [3.8, 4) is 11.5 Å². The summed E-state index contributed by atoms with van der Waals surface area (Å²) in [7, 11) is 3.17. The second kappa shape index (κ2) is 6.50. The molecule has 0 saturated heterocycles. The van der Waals surface area contributed by atoms with Gasteiger partial charge in [0.25, 0.3) is 0 Å². The zero-order chi connectivity index (χ0) is 15.6. The van der Waals surface area contributed by atoms with Gasteiger partial charge in [0.2, 0.25) is 0 Å². The lowest BCUT2D eigenvalue weighted by Crippen LogP contribution is -2.05. The van der Waals surface area contributed by atoms with E-state index in [1.807, 2.05) is 38.1 Å². The van der Waals surface area contributed by atoms with Crippen molar-refractivity contribution in [1.29, 1.82) is 0 Å². The molecule has 0 amide bonds. The molecule has 1 N–H and O–H groups in total. The van der Waals surface area contributed by atoms with Gasteiger partial charge in [-0.25, -0.2) is 0 Å². The molecule has 3 nitrogen and oxygen atoms in total. The normalized spacial score (nSPS) is 12.1. The Morgan fingerprint density at radius 1 is 1.00 bits per heavy atom. The third-order valence-electron chi connectivity index (χ3n) is 3.74. The predicted molar refractivity (Wildman–Crippen MR) is 87.2 cm³/mol. The van der Waals surface area contributed by atoms with Crippen molar-refractivity contribution in [3.05, 3.63) is 57.1 Å². The lowest BCUT2D eigenvalue weighted by atomic mass is 9.94. The molecule has 1 unspecified atom stereocenters. The van der Waals surface area contributed by atoms with Crippen molar-refractivity contribution in [2.24, 2.45) is 0 Å². The lowest BCUT2D eigenvalue weighted by molar-refractivity contribution is 0.218. The minimum absolute atomic E-state index is 0.597. The Balaban J connectivity index is 2.53. The molecule has 2 rings (SSSR count). The number of aliphatic hydroxyl groups is 1. The number of halogens is 1. The van der Waals surface area contributed by atoms with Crippen LogP contribution in [0.5, 0.6) is 11.5 Å². The summed E-state index contributed by atoms with van der Waals surface area (Å²) in [5.74, 6) is 1.22. The van der Waals surface area contributed by atoms with E-state index in [1.54, 1.807) is 20.3 Å². The summed E-state index contributed by atoms with van der Waals surface area (Å²) in [5.41, 5.74) is 3.89. The number of methoxy groups -OCH3 is 2. The highest BCUT2D eigenvalue weighted by Gasteiger charge is 2.19. The molecule has 0 heterocycles. The largest absolute Gasteiger partial charge is 0.493 e. The monoisotopic (exact) mass is 350 g/mol. The summed E-state index contributed by atoms with van der Waals surface area (Å²) in [5, 5.41) is 10.7. The molecule has 0 spiro atoms. The van der Waals surface area contributed by atoms with Crippen LogP contribution in [0.2, 0.25) is 0 Å². The first-order valence-electron chi connectivity index (χ1n) is 6.65. The van der Waals surface area contributed by atoms with Crippen LogP contribution in [0.25, 0.3) is 0 Å². The van der Waals surface area contributed by atoms with E-state index in [0.29, 0.717) is 11.5 Å². The van der Waals surface area contributed by atoms with Gasteiger partial charge in [-0.1, -0.05) is 34.1 Å². The maximum absolute atomic E-state index is 10.7. The van der Waals surface area contributed by atoms with E-state index in [4.69, 9.17) is 9.47 Å². The standard InChI is InChI=1S/C17H19BrO3/c1-10-6-5-7-12(11(10)2)17(19)13-8-15(20-3)16(21-4)9-14(13)18/h5-9,17,19H,1-4H3. The molecule has 0 saturated carbocycles. The van der Waals surface area contributed by atoms with Gasteiger partial charge in [0.1, 0.15) is 6.10 Å². The quantitative estimate of drug-likeness (QED) is 0.899. The number of ether oxygens (including phenoxy) is 2. The molecule has 112 valence electrons. The second-order valence-corrected chi connectivity index (χ2v) is 5.77. The Kier molecular flexibility index (Phi) is 4.91. The first kappa shape index (κ1) is 15.9. The first-order chi connectivity index (χ1) is 9.99. The van der Waals surface area contributed by atoms with E-state index >= 15 is 0 Å². The van der Waals surface area contributed by atoms with Crippen LogP contribution >= 0.6 is 15.9 Å². The summed E-state index contributed by atoms with van der Waals surface area (Å²) >= 11 is 3.50. The van der Waals surface area contributed by atoms with Crippen molar-refractivity contribution >= 4 is 15.9 Å². The minimum atomic E-state index is -0.723. The fourth-order valence-corrected chi connectivity index (χ4v) is 2.86. The third kappa shape index (κ3) is 3.06. The van der Waals surface area contributed by atoms with E-state index in [0.717, 1.165) is 26.7 Å². The van der Waals surface area contributed by atoms with Crippen molar-refractivity contribution in [2.45, 2.75) is 20.0 Å². The van der Waals surface area contributed by atoms with Gasteiger partial charge >= 0.3 is 0 Å². The van der Waals surface area contributed by atoms with Crippen LogP contribution in [0.1, 0.15) is 28.4 Å². The zero-order valence-corrected chi connectivity index (χ0v) is 14.2. The van der Waals surface area contributed by atoms with E-state index in [2.05, 4.69) is 15.9 Å². The lowest BCUT2D eigenvalue weighted by Gasteiger charge is -2.19. The van der Waals surface area contributed by atoms with Crippen LogP contribution < -0.4 is 9.47 Å². The van der Waals surface area contributed by atoms with E-state index in [-0.39, 0.29) is 0 Å². The number of hydrogen-bond donors (Lipinski definition) is 1. The van der Waals surface area contributed by atoms with E-state index in [9.17, 15) is 5.11 Å². The van der Waals surface area contributed by atoms with Crippen molar-refractivity contribution in [2.75, 3.05) is 14.2 Å². The molecule has 2 aromatic rings. The topological polar surface area (TPSA) is 38.7 Å². The molecule has 2 aromatic carbocycles. The van der Waals surface area contributed by atoms with Gasteiger partial charge in [-0.2, -0.15) is 0 Å². The Morgan fingerprint density at radius 2 is 1.62 bits per heavy atom. The van der Waals surface area contributed by atoms with E-state index < -0.39 is 6.10 Å². The Morgan fingerprint density at radius 3 is 2.24 bits per heavy atom. The third-order valence-corrected chi connectivity index (χ3v) is 4.43. The fraction of sp³-hybridized carbons (Fsp3) is 0.294. The fourth-order valence-electron chi connectivity index (χ4n) is 2.32. The Labute approximate surface area is 133 Å². The van der Waals surface area contributed by atoms with Crippen molar-refractivity contribution in [1.82, 2.24) is 0 Å². The van der Waals surface area contributed by atoms with Gasteiger partial charge in [-0.15, -0.1) is 0 Å². The van der Waals surface area contributed by atoms with Gasteiger partial charge in [-0.05, 0) is 42.7 Å². The summed E-state index contributed by atoms with van der Waals surface area (Å²) in [6.07, 6.45) is -0.723. The molecule has 0 radical (unpaired) electrons. The molecule has 0 aliphatic carbocycles.